The zero-order valence-electron chi connectivity index (χ0n) is 12.7. The molecule has 0 aliphatic rings. The molecule has 122 valence electrons. The summed E-state index contributed by atoms with van der Waals surface area (Å²) in [7, 11) is -3.80. The van der Waals surface area contributed by atoms with Crippen molar-refractivity contribution in [3.63, 3.8) is 0 Å². The second-order valence-corrected chi connectivity index (χ2v) is 6.73. The lowest BCUT2D eigenvalue weighted by Gasteiger charge is -2.09. The molecule has 0 fully saturated rings. The second kappa shape index (κ2) is 6.25. The highest BCUT2D eigenvalue weighted by Gasteiger charge is 2.15. The number of nitrogens with one attached hydrogen (secondary N) is 1. The largest absolute Gasteiger partial charge is 0.295 e. The molecule has 1 N–H and O–H groups in total. The van der Waals surface area contributed by atoms with E-state index in [-0.39, 0.29) is 10.7 Å². The lowest BCUT2D eigenvalue weighted by atomic mass is 10.2. The van der Waals surface area contributed by atoms with Gasteiger partial charge in [0.2, 0.25) is 0 Å². The number of pyridine rings is 1. The molecule has 0 amide bonds. The van der Waals surface area contributed by atoms with Crippen molar-refractivity contribution in [3.8, 4) is 5.82 Å². The Labute approximate surface area is 139 Å². The number of ketones is 1. The summed E-state index contributed by atoms with van der Waals surface area (Å²) < 4.78 is 28.9. The predicted molar refractivity (Wildman–Crippen MR) is 88.6 cm³/mol. The van der Waals surface area contributed by atoms with E-state index in [4.69, 9.17) is 0 Å². The van der Waals surface area contributed by atoms with Gasteiger partial charge in [-0.1, -0.05) is 12.1 Å². The fourth-order valence-corrected chi connectivity index (χ4v) is 3.17. The predicted octanol–water partition coefficient (Wildman–Crippen LogP) is 2.27. The molecule has 24 heavy (non-hydrogen) atoms. The number of carbonyl (C=O) groups is 1. The van der Waals surface area contributed by atoms with E-state index < -0.39 is 10.0 Å². The molecule has 8 heteroatoms. The maximum Gasteiger partial charge on any atom is 0.261 e. The molecule has 2 aromatic heterocycles. The third-order valence-electron chi connectivity index (χ3n) is 3.29. The van der Waals surface area contributed by atoms with Crippen molar-refractivity contribution >= 4 is 21.5 Å². The molecule has 0 unspecified atom stereocenters. The van der Waals surface area contributed by atoms with Gasteiger partial charge in [-0.05, 0) is 37.3 Å². The molecule has 3 rings (SSSR count). The highest BCUT2D eigenvalue weighted by Crippen LogP contribution is 2.17. The number of anilines is 1. The number of Topliss-reactive ketones (excluding diaryl/α,β-unsaturated/α-hetero) is 1. The van der Waals surface area contributed by atoms with E-state index in [1.165, 1.54) is 31.3 Å². The Balaban J connectivity index is 1.84. The van der Waals surface area contributed by atoms with Crippen LogP contribution >= 0.6 is 0 Å². The Kier molecular flexibility index (Phi) is 4.13. The molecular weight excluding hydrogens is 328 g/mol. The lowest BCUT2D eigenvalue weighted by molar-refractivity contribution is 0.101. The molecule has 3 aromatic rings. The topological polar surface area (TPSA) is 94.0 Å². The molecule has 0 saturated carbocycles. The molecule has 0 aliphatic carbocycles. The Morgan fingerprint density at radius 1 is 1.17 bits per heavy atom. The maximum absolute atomic E-state index is 12.4. The highest BCUT2D eigenvalue weighted by molar-refractivity contribution is 7.92. The first kappa shape index (κ1) is 15.9. The van der Waals surface area contributed by atoms with Gasteiger partial charge in [0.1, 0.15) is 0 Å². The van der Waals surface area contributed by atoms with Crippen molar-refractivity contribution in [1.29, 1.82) is 0 Å². The van der Waals surface area contributed by atoms with Gasteiger partial charge in [0.15, 0.2) is 11.6 Å². The maximum atomic E-state index is 12.4. The summed E-state index contributed by atoms with van der Waals surface area (Å²) in [5.74, 6) is 0.374. The summed E-state index contributed by atoms with van der Waals surface area (Å²) in [6.07, 6.45) is 4.77. The minimum absolute atomic E-state index is 0.0198. The zero-order valence-corrected chi connectivity index (χ0v) is 13.6. The van der Waals surface area contributed by atoms with E-state index in [1.807, 2.05) is 0 Å². The Morgan fingerprint density at radius 3 is 2.62 bits per heavy atom. The SMILES string of the molecule is CC(=O)c1cccc(S(=O)(=O)Nc2ccc(-n3cccn3)nc2)c1. The first-order valence-corrected chi connectivity index (χ1v) is 8.54. The normalized spacial score (nSPS) is 11.2. The molecule has 0 aliphatic heterocycles. The summed E-state index contributed by atoms with van der Waals surface area (Å²) in [6.45, 7) is 1.39. The first-order chi connectivity index (χ1) is 11.5. The van der Waals surface area contributed by atoms with Gasteiger partial charge >= 0.3 is 0 Å². The van der Waals surface area contributed by atoms with Crippen molar-refractivity contribution < 1.29 is 13.2 Å². The Hall–Kier alpha value is -3.00. The molecule has 0 atom stereocenters. The van der Waals surface area contributed by atoms with Crippen LogP contribution in [0.25, 0.3) is 5.82 Å². The van der Waals surface area contributed by atoms with E-state index in [2.05, 4.69) is 14.8 Å². The van der Waals surface area contributed by atoms with E-state index in [1.54, 1.807) is 41.3 Å². The monoisotopic (exact) mass is 342 g/mol. The van der Waals surface area contributed by atoms with Crippen LogP contribution in [0.5, 0.6) is 0 Å². The molecule has 0 saturated heterocycles. The van der Waals surface area contributed by atoms with E-state index >= 15 is 0 Å². The molecule has 0 spiro atoms. The minimum Gasteiger partial charge on any atom is -0.295 e. The number of hydrogen-bond acceptors (Lipinski definition) is 5. The van der Waals surface area contributed by atoms with Crippen LogP contribution in [0.1, 0.15) is 17.3 Å². The van der Waals surface area contributed by atoms with Gasteiger partial charge in [-0.2, -0.15) is 5.10 Å². The third kappa shape index (κ3) is 3.33. The van der Waals surface area contributed by atoms with Gasteiger partial charge in [-0.25, -0.2) is 18.1 Å². The van der Waals surface area contributed by atoms with Crippen molar-refractivity contribution in [2.24, 2.45) is 0 Å². The zero-order chi connectivity index (χ0) is 17.2. The number of hydrogen-bond donors (Lipinski definition) is 1. The van der Waals surface area contributed by atoms with Crippen LogP contribution in [0.3, 0.4) is 0 Å². The Bertz CT molecular complexity index is 965. The fourth-order valence-electron chi connectivity index (χ4n) is 2.08. The van der Waals surface area contributed by atoms with Crippen molar-refractivity contribution in [1.82, 2.24) is 14.8 Å². The van der Waals surface area contributed by atoms with Gasteiger partial charge in [0.05, 0.1) is 16.8 Å². The average Bonchev–Trinajstić information content (AvgIpc) is 3.10. The minimum atomic E-state index is -3.80. The van der Waals surface area contributed by atoms with E-state index in [0.717, 1.165) is 0 Å². The molecule has 0 radical (unpaired) electrons. The average molecular weight is 342 g/mol. The summed E-state index contributed by atoms with van der Waals surface area (Å²) in [4.78, 5) is 15.6. The van der Waals surface area contributed by atoms with Gasteiger partial charge < -0.3 is 0 Å². The smallest absolute Gasteiger partial charge is 0.261 e. The van der Waals surface area contributed by atoms with Crippen LogP contribution in [-0.2, 0) is 10.0 Å². The molecule has 2 heterocycles. The van der Waals surface area contributed by atoms with Crippen molar-refractivity contribution in [2.45, 2.75) is 11.8 Å². The van der Waals surface area contributed by atoms with Gasteiger partial charge in [-0.15, -0.1) is 0 Å². The van der Waals surface area contributed by atoms with Gasteiger partial charge in [0.25, 0.3) is 10.0 Å². The van der Waals surface area contributed by atoms with E-state index in [9.17, 15) is 13.2 Å². The summed E-state index contributed by atoms with van der Waals surface area (Å²) in [6, 6.07) is 10.9. The number of benzene rings is 1. The van der Waals surface area contributed by atoms with Crippen LogP contribution in [0, 0.1) is 0 Å². The number of sulfonamides is 1. The molecule has 7 nitrogen and oxygen atoms in total. The standard InChI is InChI=1S/C16H14N4O3S/c1-12(21)13-4-2-5-15(10-13)24(22,23)19-14-6-7-16(17-11-14)20-9-3-8-18-20/h2-11,19H,1H3. The number of carbonyl (C=O) groups excluding carboxylic acids is 1. The van der Waals surface area contributed by atoms with Crippen LogP contribution < -0.4 is 4.72 Å². The summed E-state index contributed by atoms with van der Waals surface area (Å²) >= 11 is 0. The van der Waals surface area contributed by atoms with Gasteiger partial charge in [0, 0.05) is 18.0 Å². The number of rotatable bonds is 5. The first-order valence-electron chi connectivity index (χ1n) is 7.05. The van der Waals surface area contributed by atoms with Gasteiger partial charge in [-0.3, -0.25) is 9.52 Å². The lowest BCUT2D eigenvalue weighted by Crippen LogP contribution is -2.14. The molecular formula is C16H14N4O3S. The van der Waals surface area contributed by atoms with E-state index in [0.29, 0.717) is 17.1 Å². The summed E-state index contributed by atoms with van der Waals surface area (Å²) in [5, 5.41) is 4.05. The van der Waals surface area contributed by atoms with Crippen LogP contribution in [-0.4, -0.2) is 29.0 Å². The van der Waals surface area contributed by atoms with Crippen molar-refractivity contribution in [2.75, 3.05) is 4.72 Å². The second-order valence-electron chi connectivity index (χ2n) is 5.05. The van der Waals surface area contributed by atoms with Crippen LogP contribution in [0.4, 0.5) is 5.69 Å². The summed E-state index contributed by atoms with van der Waals surface area (Å²) in [5.41, 5.74) is 0.657. The van der Waals surface area contributed by atoms with Crippen LogP contribution in [0.2, 0.25) is 0 Å². The van der Waals surface area contributed by atoms with Crippen LogP contribution in [0.15, 0.2) is 66.0 Å². The molecule has 0 bridgehead atoms. The molecule has 1 aromatic carbocycles. The number of aromatic nitrogens is 3. The fraction of sp³-hybridized carbons (Fsp3) is 0.0625. The quantitative estimate of drug-likeness (QED) is 0.718. The Morgan fingerprint density at radius 2 is 2.00 bits per heavy atom. The third-order valence-corrected chi connectivity index (χ3v) is 4.67. The van der Waals surface area contributed by atoms with Crippen molar-refractivity contribution in [3.05, 3.63) is 66.6 Å². The highest BCUT2D eigenvalue weighted by atomic mass is 32.2. The number of nitrogens with zero attached hydrogens (tertiary/aromatic N) is 3.